The summed E-state index contributed by atoms with van der Waals surface area (Å²) in [5, 5.41) is 2.91. The second-order valence-corrected chi connectivity index (χ2v) is 10.1. The molecule has 220 valence electrons. The van der Waals surface area contributed by atoms with Gasteiger partial charge < -0.3 is 20.7 Å². The largest absolute Gasteiger partial charge is 0.416 e. The zero-order chi connectivity index (χ0) is 29.4. The Hall–Kier alpha value is -3.47. The number of alkyl halides is 3. The average Bonchev–Trinajstić information content (AvgIpc) is 2.98. The van der Waals surface area contributed by atoms with Gasteiger partial charge in [0.15, 0.2) is 0 Å². The number of halogens is 3. The molecule has 0 saturated carbocycles. The number of rotatable bonds is 8. The lowest BCUT2D eigenvalue weighted by molar-refractivity contribution is -0.137. The predicted octanol–water partition coefficient (Wildman–Crippen LogP) is 4.95. The molecule has 3 N–H and O–H groups in total. The van der Waals surface area contributed by atoms with Crippen molar-refractivity contribution in [3.8, 4) is 11.1 Å². The number of carbonyl (C=O) groups is 1. The van der Waals surface area contributed by atoms with E-state index in [9.17, 15) is 18.0 Å². The van der Waals surface area contributed by atoms with Gasteiger partial charge in [-0.3, -0.25) is 14.7 Å². The quantitative estimate of drug-likeness (QED) is 0.400. The van der Waals surface area contributed by atoms with Gasteiger partial charge in [0.05, 0.1) is 36.2 Å². The first-order valence-corrected chi connectivity index (χ1v) is 14.1. The van der Waals surface area contributed by atoms with E-state index in [2.05, 4.69) is 20.1 Å². The molecule has 0 unspecified atom stereocenters. The molecule has 3 aromatic rings. The maximum Gasteiger partial charge on any atom is 0.416 e. The minimum absolute atomic E-state index is 0.129. The highest BCUT2D eigenvalue weighted by Gasteiger charge is 2.31. The first-order valence-electron chi connectivity index (χ1n) is 14.1. The number of nitrogens with one attached hydrogen (secondary N) is 1. The zero-order valence-electron chi connectivity index (χ0n) is 23.6. The number of benzene rings is 2. The van der Waals surface area contributed by atoms with Gasteiger partial charge in [-0.05, 0) is 40.5 Å². The molecule has 0 spiro atoms. The molecule has 0 radical (unpaired) electrons. The molecular weight excluding hydrogens is 531 g/mol. The van der Waals surface area contributed by atoms with Crippen LogP contribution in [0.2, 0.25) is 0 Å². The number of nitrogens with two attached hydrogens (primary N) is 1. The summed E-state index contributed by atoms with van der Waals surface area (Å²) in [5.74, 6) is 0.408. The molecule has 41 heavy (non-hydrogen) atoms. The SMILES string of the molecule is CC.NCc1ccc(C(F)(F)F)cc1-c1ccc(CNC(=O)c2cncc(N3CCN(CC4COC4)CC3)c2)cc1. The van der Waals surface area contributed by atoms with Crippen LogP contribution in [0, 0.1) is 5.92 Å². The van der Waals surface area contributed by atoms with Crippen molar-refractivity contribution in [2.45, 2.75) is 33.1 Å². The molecule has 2 fully saturated rings. The first-order chi connectivity index (χ1) is 19.8. The minimum atomic E-state index is -4.43. The molecule has 0 atom stereocenters. The fourth-order valence-electron chi connectivity index (χ4n) is 4.95. The van der Waals surface area contributed by atoms with Crippen LogP contribution in [0.5, 0.6) is 0 Å². The molecule has 1 aromatic heterocycles. The van der Waals surface area contributed by atoms with Crippen molar-refractivity contribution >= 4 is 11.6 Å². The molecule has 0 bridgehead atoms. The van der Waals surface area contributed by atoms with Gasteiger partial charge in [0.2, 0.25) is 0 Å². The van der Waals surface area contributed by atoms with Crippen molar-refractivity contribution in [3.05, 3.63) is 83.2 Å². The Kier molecular flexibility index (Phi) is 10.4. The zero-order valence-corrected chi connectivity index (χ0v) is 23.6. The van der Waals surface area contributed by atoms with E-state index in [0.29, 0.717) is 28.2 Å². The summed E-state index contributed by atoms with van der Waals surface area (Å²) >= 11 is 0. The van der Waals surface area contributed by atoms with E-state index in [4.69, 9.17) is 10.5 Å². The van der Waals surface area contributed by atoms with Crippen LogP contribution in [-0.4, -0.2) is 61.7 Å². The van der Waals surface area contributed by atoms with Crippen LogP contribution in [0.4, 0.5) is 18.9 Å². The maximum absolute atomic E-state index is 13.2. The number of aromatic nitrogens is 1. The van der Waals surface area contributed by atoms with Gasteiger partial charge >= 0.3 is 6.18 Å². The summed E-state index contributed by atoms with van der Waals surface area (Å²) in [6.07, 6.45) is -1.09. The van der Waals surface area contributed by atoms with Gasteiger partial charge in [0.25, 0.3) is 5.91 Å². The monoisotopic (exact) mass is 569 g/mol. The Morgan fingerprint density at radius 3 is 2.34 bits per heavy atom. The predicted molar refractivity (Wildman–Crippen MR) is 154 cm³/mol. The Bertz CT molecular complexity index is 1290. The minimum Gasteiger partial charge on any atom is -0.381 e. The Labute approximate surface area is 239 Å². The number of carbonyl (C=O) groups excluding carboxylic acids is 1. The lowest BCUT2D eigenvalue weighted by Crippen LogP contribution is -2.50. The standard InChI is InChI=1S/C29H32F3N5O2.C2H6/c30-29(31,32)25-6-5-23(13-33)27(12-25)22-3-1-20(2-4-22)14-35-28(38)24-11-26(16-34-15-24)37-9-7-36(8-10-37)17-21-18-39-19-21;1-2/h1-6,11-12,15-16,21H,7-10,13-14,17-19,33H2,(H,35,38);1-2H3. The first kappa shape index (κ1) is 30.5. The molecule has 7 nitrogen and oxygen atoms in total. The molecule has 3 heterocycles. The molecule has 10 heteroatoms. The third kappa shape index (κ3) is 7.84. The molecule has 2 aliphatic heterocycles. The van der Waals surface area contributed by atoms with E-state index in [-0.39, 0.29) is 19.0 Å². The molecular formula is C31H38F3N5O2. The molecule has 2 saturated heterocycles. The summed E-state index contributed by atoms with van der Waals surface area (Å²) in [4.78, 5) is 21.9. The van der Waals surface area contributed by atoms with Crippen molar-refractivity contribution in [3.63, 3.8) is 0 Å². The van der Waals surface area contributed by atoms with E-state index in [1.807, 2.05) is 19.9 Å². The van der Waals surface area contributed by atoms with E-state index >= 15 is 0 Å². The summed E-state index contributed by atoms with van der Waals surface area (Å²) < 4.78 is 44.9. The number of nitrogens with zero attached hydrogens (tertiary/aromatic N) is 3. The van der Waals surface area contributed by atoms with E-state index in [1.54, 1.807) is 36.7 Å². The van der Waals surface area contributed by atoms with E-state index in [1.165, 1.54) is 6.07 Å². The number of amides is 1. The van der Waals surface area contributed by atoms with Crippen molar-refractivity contribution in [1.29, 1.82) is 0 Å². The summed E-state index contributed by atoms with van der Waals surface area (Å²) in [6, 6.07) is 12.5. The number of hydrogen-bond acceptors (Lipinski definition) is 6. The molecule has 2 aliphatic rings. The third-order valence-corrected chi connectivity index (χ3v) is 7.32. The van der Waals surface area contributed by atoms with E-state index < -0.39 is 11.7 Å². The van der Waals surface area contributed by atoms with Gasteiger partial charge in [-0.1, -0.05) is 44.2 Å². The van der Waals surface area contributed by atoms with E-state index in [0.717, 1.165) is 69.3 Å². The van der Waals surface area contributed by atoms with Gasteiger partial charge in [-0.15, -0.1) is 0 Å². The number of piperazine rings is 1. The smallest absolute Gasteiger partial charge is 0.381 e. The van der Waals surface area contributed by atoms with Crippen LogP contribution in [0.1, 0.15) is 40.9 Å². The third-order valence-electron chi connectivity index (χ3n) is 7.32. The fraction of sp³-hybridized carbons (Fsp3) is 0.419. The van der Waals surface area contributed by atoms with Crippen molar-refractivity contribution in [2.75, 3.05) is 50.8 Å². The van der Waals surface area contributed by atoms with Crippen LogP contribution in [0.3, 0.4) is 0 Å². The average molecular weight is 570 g/mol. The van der Waals surface area contributed by atoms with Crippen molar-refractivity contribution in [1.82, 2.24) is 15.2 Å². The number of pyridine rings is 1. The van der Waals surface area contributed by atoms with Crippen LogP contribution >= 0.6 is 0 Å². The van der Waals surface area contributed by atoms with Crippen molar-refractivity contribution in [2.24, 2.45) is 11.7 Å². The lowest BCUT2D eigenvalue weighted by atomic mass is 9.96. The molecule has 2 aromatic carbocycles. The lowest BCUT2D eigenvalue weighted by Gasteiger charge is -2.39. The van der Waals surface area contributed by atoms with Gasteiger partial charge in [-0.25, -0.2) is 0 Å². The van der Waals surface area contributed by atoms with Gasteiger partial charge in [-0.2, -0.15) is 13.2 Å². The van der Waals surface area contributed by atoms with Gasteiger partial charge in [0.1, 0.15) is 0 Å². The number of ether oxygens (including phenoxy) is 1. The van der Waals surface area contributed by atoms with Crippen molar-refractivity contribution < 1.29 is 22.7 Å². The summed E-state index contributed by atoms with van der Waals surface area (Å²) in [7, 11) is 0. The molecule has 0 aliphatic carbocycles. The topological polar surface area (TPSA) is 83.7 Å². The summed E-state index contributed by atoms with van der Waals surface area (Å²) in [6.45, 7) is 10.9. The van der Waals surface area contributed by atoms with Crippen LogP contribution in [0.25, 0.3) is 11.1 Å². The summed E-state index contributed by atoms with van der Waals surface area (Å²) in [5.41, 5.74) is 8.99. The normalized spacial score (nSPS) is 16.0. The highest BCUT2D eigenvalue weighted by atomic mass is 19.4. The highest BCUT2D eigenvalue weighted by molar-refractivity contribution is 5.94. The number of hydrogen-bond donors (Lipinski definition) is 2. The second kappa shape index (κ2) is 13.9. The molecule has 5 rings (SSSR count). The highest BCUT2D eigenvalue weighted by Crippen LogP contribution is 2.34. The van der Waals surface area contributed by atoms with Gasteiger partial charge in [0, 0.05) is 57.9 Å². The van der Waals surface area contributed by atoms with Crippen LogP contribution in [-0.2, 0) is 24.0 Å². The van der Waals surface area contributed by atoms with Crippen LogP contribution < -0.4 is 16.0 Å². The fourth-order valence-corrected chi connectivity index (χ4v) is 4.95. The number of anilines is 1. The maximum atomic E-state index is 13.2. The Morgan fingerprint density at radius 1 is 1.02 bits per heavy atom. The van der Waals surface area contributed by atoms with Crippen LogP contribution in [0.15, 0.2) is 60.9 Å². The Morgan fingerprint density at radius 2 is 1.73 bits per heavy atom. The molecule has 1 amide bonds. The second-order valence-electron chi connectivity index (χ2n) is 10.1. The Balaban J connectivity index is 0.00000189.